The summed E-state index contributed by atoms with van der Waals surface area (Å²) < 4.78 is 0. The Morgan fingerprint density at radius 1 is 1.69 bits per heavy atom. The van der Waals surface area contributed by atoms with Gasteiger partial charge in [-0.3, -0.25) is 4.79 Å². The molecule has 3 heteroatoms. The minimum atomic E-state index is -0.0196. The number of halogens is 1. The minimum absolute atomic E-state index is 0.0196. The zero-order valence-electron chi connectivity index (χ0n) is 8.42. The van der Waals surface area contributed by atoms with Crippen LogP contribution in [0.5, 0.6) is 0 Å². The van der Waals surface area contributed by atoms with Crippen molar-refractivity contribution in [2.45, 2.75) is 39.2 Å². The molecule has 1 amide bonds. The van der Waals surface area contributed by atoms with E-state index in [0.717, 1.165) is 25.8 Å². The van der Waals surface area contributed by atoms with Crippen molar-refractivity contribution in [1.82, 2.24) is 4.90 Å². The summed E-state index contributed by atoms with van der Waals surface area (Å²) >= 11 is 5.67. The number of rotatable bonds is 3. The molecule has 13 heavy (non-hydrogen) atoms. The fourth-order valence-corrected chi connectivity index (χ4v) is 2.03. The highest BCUT2D eigenvalue weighted by Crippen LogP contribution is 2.22. The van der Waals surface area contributed by atoms with E-state index in [9.17, 15) is 4.79 Å². The second kappa shape index (κ2) is 4.85. The van der Waals surface area contributed by atoms with Crippen molar-refractivity contribution < 1.29 is 4.79 Å². The molecule has 2 atom stereocenters. The van der Waals surface area contributed by atoms with Gasteiger partial charge in [0.2, 0.25) is 5.91 Å². The van der Waals surface area contributed by atoms with Gasteiger partial charge in [0, 0.05) is 24.4 Å². The van der Waals surface area contributed by atoms with Crippen molar-refractivity contribution in [2.75, 3.05) is 12.4 Å². The largest absolute Gasteiger partial charge is 0.339 e. The lowest BCUT2D eigenvalue weighted by Crippen LogP contribution is -2.39. The van der Waals surface area contributed by atoms with E-state index in [1.165, 1.54) is 0 Å². The van der Waals surface area contributed by atoms with Crippen LogP contribution in [0.4, 0.5) is 0 Å². The number of nitrogens with zero attached hydrogens (tertiary/aromatic N) is 1. The second-order valence-corrected chi connectivity index (χ2v) is 4.10. The molecule has 0 aliphatic carbocycles. The van der Waals surface area contributed by atoms with Crippen LogP contribution in [0.1, 0.15) is 33.1 Å². The fraction of sp³-hybridized carbons (Fsp3) is 0.900. The van der Waals surface area contributed by atoms with Crippen molar-refractivity contribution in [3.63, 3.8) is 0 Å². The highest BCUT2D eigenvalue weighted by molar-refractivity contribution is 6.19. The highest BCUT2D eigenvalue weighted by Gasteiger charge is 2.29. The van der Waals surface area contributed by atoms with Gasteiger partial charge in [-0.2, -0.15) is 0 Å². The third kappa shape index (κ3) is 2.37. The summed E-state index contributed by atoms with van der Waals surface area (Å²) in [6, 6.07) is 0.471. The van der Waals surface area contributed by atoms with Gasteiger partial charge in [0.05, 0.1) is 0 Å². The van der Waals surface area contributed by atoms with Gasteiger partial charge in [0.1, 0.15) is 0 Å². The molecule has 1 aliphatic heterocycles. The summed E-state index contributed by atoms with van der Waals surface area (Å²) in [7, 11) is 0. The first-order chi connectivity index (χ1) is 6.20. The lowest BCUT2D eigenvalue weighted by atomic mass is 10.1. The Morgan fingerprint density at radius 3 is 2.92 bits per heavy atom. The lowest BCUT2D eigenvalue weighted by molar-refractivity contribution is -0.135. The van der Waals surface area contributed by atoms with E-state index in [-0.39, 0.29) is 11.8 Å². The molecule has 1 saturated heterocycles. The maximum atomic E-state index is 11.8. The Morgan fingerprint density at radius 2 is 2.38 bits per heavy atom. The molecule has 1 rings (SSSR count). The predicted molar refractivity (Wildman–Crippen MR) is 54.9 cm³/mol. The normalized spacial score (nSPS) is 24.8. The molecular formula is C10H18ClNO. The second-order valence-electron chi connectivity index (χ2n) is 3.79. The van der Waals surface area contributed by atoms with Crippen LogP contribution in [0.3, 0.4) is 0 Å². The van der Waals surface area contributed by atoms with Gasteiger partial charge in [-0.05, 0) is 19.3 Å². The van der Waals surface area contributed by atoms with Crippen LogP contribution in [0.15, 0.2) is 0 Å². The average molecular weight is 204 g/mol. The van der Waals surface area contributed by atoms with Gasteiger partial charge >= 0.3 is 0 Å². The SMILES string of the molecule is CCC1CCCN1C(=O)C(C)CCl. The van der Waals surface area contributed by atoms with E-state index < -0.39 is 0 Å². The van der Waals surface area contributed by atoms with Crippen molar-refractivity contribution in [2.24, 2.45) is 5.92 Å². The maximum absolute atomic E-state index is 11.8. The summed E-state index contributed by atoms with van der Waals surface area (Å²) in [6.45, 7) is 4.97. The van der Waals surface area contributed by atoms with Crippen molar-refractivity contribution >= 4 is 17.5 Å². The Kier molecular flexibility index (Phi) is 4.04. The first kappa shape index (κ1) is 10.8. The molecule has 0 saturated carbocycles. The number of hydrogen-bond acceptors (Lipinski definition) is 1. The molecule has 76 valence electrons. The predicted octanol–water partition coefficient (Wildman–Crippen LogP) is 2.26. The summed E-state index contributed by atoms with van der Waals surface area (Å²) in [6.07, 6.45) is 3.39. The van der Waals surface area contributed by atoms with Crippen molar-refractivity contribution in [3.05, 3.63) is 0 Å². The minimum Gasteiger partial charge on any atom is -0.339 e. The first-order valence-corrected chi connectivity index (χ1v) is 5.60. The van der Waals surface area contributed by atoms with E-state index in [0.29, 0.717) is 11.9 Å². The topological polar surface area (TPSA) is 20.3 Å². The van der Waals surface area contributed by atoms with Gasteiger partial charge in [0.15, 0.2) is 0 Å². The summed E-state index contributed by atoms with van der Waals surface area (Å²) in [5.74, 6) is 0.652. The lowest BCUT2D eigenvalue weighted by Gasteiger charge is -2.25. The smallest absolute Gasteiger partial charge is 0.226 e. The van der Waals surface area contributed by atoms with Crippen LogP contribution < -0.4 is 0 Å². The van der Waals surface area contributed by atoms with Gasteiger partial charge in [-0.15, -0.1) is 11.6 Å². The molecule has 0 N–H and O–H groups in total. The van der Waals surface area contributed by atoms with E-state index in [4.69, 9.17) is 11.6 Å². The van der Waals surface area contributed by atoms with E-state index in [1.807, 2.05) is 11.8 Å². The summed E-state index contributed by atoms with van der Waals surface area (Å²) in [5.41, 5.74) is 0. The zero-order valence-corrected chi connectivity index (χ0v) is 9.18. The molecule has 0 aromatic carbocycles. The molecular weight excluding hydrogens is 186 g/mol. The Balaban J connectivity index is 2.54. The van der Waals surface area contributed by atoms with Crippen LogP contribution >= 0.6 is 11.6 Å². The molecule has 2 nitrogen and oxygen atoms in total. The van der Waals surface area contributed by atoms with Crippen LogP contribution in [-0.2, 0) is 4.79 Å². The maximum Gasteiger partial charge on any atom is 0.226 e. The van der Waals surface area contributed by atoms with Gasteiger partial charge in [-0.1, -0.05) is 13.8 Å². The Labute approximate surface area is 85.2 Å². The van der Waals surface area contributed by atoms with Crippen LogP contribution in [0.2, 0.25) is 0 Å². The molecule has 0 spiro atoms. The molecule has 0 aromatic rings. The Hall–Kier alpha value is -0.240. The molecule has 1 fully saturated rings. The molecule has 1 heterocycles. The summed E-state index contributed by atoms with van der Waals surface area (Å²) in [4.78, 5) is 13.8. The molecule has 0 bridgehead atoms. The van der Waals surface area contributed by atoms with Crippen molar-refractivity contribution in [1.29, 1.82) is 0 Å². The third-order valence-electron chi connectivity index (χ3n) is 2.78. The summed E-state index contributed by atoms with van der Waals surface area (Å²) in [5, 5.41) is 0. The zero-order chi connectivity index (χ0) is 9.84. The van der Waals surface area contributed by atoms with Gasteiger partial charge in [0.25, 0.3) is 0 Å². The van der Waals surface area contributed by atoms with Crippen molar-refractivity contribution in [3.8, 4) is 0 Å². The number of carbonyl (C=O) groups excluding carboxylic acids is 1. The molecule has 2 unspecified atom stereocenters. The number of likely N-dealkylation sites (tertiary alicyclic amines) is 1. The number of carbonyl (C=O) groups is 1. The number of hydrogen-bond donors (Lipinski definition) is 0. The van der Waals surface area contributed by atoms with Gasteiger partial charge < -0.3 is 4.90 Å². The van der Waals surface area contributed by atoms with E-state index in [2.05, 4.69) is 6.92 Å². The molecule has 1 aliphatic rings. The number of alkyl halides is 1. The number of amides is 1. The van der Waals surface area contributed by atoms with Crippen LogP contribution in [0, 0.1) is 5.92 Å². The first-order valence-electron chi connectivity index (χ1n) is 5.07. The quantitative estimate of drug-likeness (QED) is 0.645. The van der Waals surface area contributed by atoms with E-state index in [1.54, 1.807) is 0 Å². The van der Waals surface area contributed by atoms with Crippen LogP contribution in [-0.4, -0.2) is 29.3 Å². The third-order valence-corrected chi connectivity index (χ3v) is 3.25. The monoisotopic (exact) mass is 203 g/mol. The van der Waals surface area contributed by atoms with E-state index >= 15 is 0 Å². The average Bonchev–Trinajstić information content (AvgIpc) is 2.62. The molecule has 0 aromatic heterocycles. The molecule has 0 radical (unpaired) electrons. The highest BCUT2D eigenvalue weighted by atomic mass is 35.5. The fourth-order valence-electron chi connectivity index (χ4n) is 1.90. The van der Waals surface area contributed by atoms with Crippen LogP contribution in [0.25, 0.3) is 0 Å². The van der Waals surface area contributed by atoms with Gasteiger partial charge in [-0.25, -0.2) is 0 Å². The Bertz CT molecular complexity index is 184. The standard InChI is InChI=1S/C10H18ClNO/c1-3-9-5-4-6-12(9)10(13)8(2)7-11/h8-9H,3-7H2,1-2H3.